The number of hydrogen-bond acceptors (Lipinski definition) is 9. The van der Waals surface area contributed by atoms with Crippen LogP contribution in [-0.4, -0.2) is 74.9 Å². The summed E-state index contributed by atoms with van der Waals surface area (Å²) in [6.07, 6.45) is 7.82. The number of thiazole rings is 1. The molecule has 3 fully saturated rings. The van der Waals surface area contributed by atoms with Crippen molar-refractivity contribution in [3.8, 4) is 11.1 Å². The van der Waals surface area contributed by atoms with Crippen LogP contribution in [0, 0.1) is 5.92 Å². The summed E-state index contributed by atoms with van der Waals surface area (Å²) in [4.78, 5) is 28.8. The highest BCUT2D eigenvalue weighted by atomic mass is 32.1. The smallest absolute Gasteiger partial charge is 0.229 e. The van der Waals surface area contributed by atoms with E-state index in [0.29, 0.717) is 23.6 Å². The summed E-state index contributed by atoms with van der Waals surface area (Å²) in [6.45, 7) is 5.08. The molecule has 0 spiro atoms. The van der Waals surface area contributed by atoms with Crippen molar-refractivity contribution >= 4 is 32.6 Å². The number of carbonyl (C=O) groups is 1. The minimum absolute atomic E-state index is 0.0438. The Balaban J connectivity index is 1.04. The number of benzene rings is 1. The fraction of sp³-hybridized carbons (Fsp3) is 0.556. The molecule has 9 nitrogen and oxygen atoms in total. The molecule has 3 heterocycles. The Hall–Kier alpha value is -2.50. The first-order valence-corrected chi connectivity index (χ1v) is 14.0. The number of anilines is 1. The second-order valence-electron chi connectivity index (χ2n) is 10.4. The maximum Gasteiger partial charge on any atom is 0.229 e. The molecule has 0 radical (unpaired) electrons. The van der Waals surface area contributed by atoms with Crippen LogP contribution in [0.1, 0.15) is 44.9 Å². The van der Waals surface area contributed by atoms with Gasteiger partial charge in [0, 0.05) is 43.0 Å². The molecule has 2 aliphatic carbocycles. The number of carbonyl (C=O) groups excluding carboxylic acids is 1. The molecule has 1 aliphatic heterocycles. The molecule has 3 atom stereocenters. The van der Waals surface area contributed by atoms with Gasteiger partial charge in [-0.3, -0.25) is 9.69 Å². The highest BCUT2D eigenvalue weighted by Crippen LogP contribution is 2.35. The van der Waals surface area contributed by atoms with E-state index in [-0.39, 0.29) is 30.1 Å². The van der Waals surface area contributed by atoms with E-state index in [1.165, 1.54) is 11.3 Å². The number of fused-ring (bicyclic) bond motifs is 1. The summed E-state index contributed by atoms with van der Waals surface area (Å²) in [5, 5.41) is 13.6. The van der Waals surface area contributed by atoms with Crippen molar-refractivity contribution in [3.05, 3.63) is 36.4 Å². The molecule has 2 aromatic heterocycles. The van der Waals surface area contributed by atoms with Gasteiger partial charge >= 0.3 is 0 Å². The lowest BCUT2D eigenvalue weighted by Crippen LogP contribution is -2.53. The van der Waals surface area contributed by atoms with Crippen molar-refractivity contribution in [2.45, 2.75) is 70.0 Å². The van der Waals surface area contributed by atoms with Gasteiger partial charge in [-0.05, 0) is 56.7 Å². The summed E-state index contributed by atoms with van der Waals surface area (Å²) in [5.74, 6) is 0.712. The van der Waals surface area contributed by atoms with Crippen LogP contribution in [-0.2, 0) is 20.9 Å². The minimum atomic E-state index is -0.385. The molecule has 0 bridgehead atoms. The number of nitrogens with one attached hydrogen (secondary N) is 1. The summed E-state index contributed by atoms with van der Waals surface area (Å²) in [6, 6.07) is 6.51. The Morgan fingerprint density at radius 1 is 1.24 bits per heavy atom. The standard InChI is InChI=1S/C27H33N5O4S/c1-16-14-32(7-8-35-16)20-9-18(10-20)26(34)31-27-30-21-6-5-17(11-24(21)37-27)19-12-28-25(29-13-19)15-36-23-4-2-3-22(23)33/h5-6,11-13,16,18,20,22-23,33H,2-4,7-10,14-15H2,1H3,(H,30,31,34)/t16-,18?,20?,22+,23+/m1/s1. The Morgan fingerprint density at radius 3 is 2.84 bits per heavy atom. The van der Waals surface area contributed by atoms with Gasteiger partial charge in [-0.1, -0.05) is 17.4 Å². The minimum Gasteiger partial charge on any atom is -0.390 e. The highest BCUT2D eigenvalue weighted by Gasteiger charge is 2.39. The van der Waals surface area contributed by atoms with Crippen LogP contribution < -0.4 is 5.32 Å². The quantitative estimate of drug-likeness (QED) is 0.483. The average molecular weight is 524 g/mol. The van der Waals surface area contributed by atoms with Crippen molar-refractivity contribution in [2.24, 2.45) is 5.92 Å². The van der Waals surface area contributed by atoms with Crippen LogP contribution in [0.3, 0.4) is 0 Å². The van der Waals surface area contributed by atoms with Gasteiger partial charge in [0.2, 0.25) is 5.91 Å². The SMILES string of the molecule is C[C@@H]1CN(C2CC(C(=O)Nc3nc4ccc(-c5cnc(CO[C@H]6CCC[C@@H]6O)nc5)cc4s3)C2)CCO1. The topological polar surface area (TPSA) is 110 Å². The third-order valence-corrected chi connectivity index (χ3v) is 8.71. The third kappa shape index (κ3) is 5.53. The molecular weight excluding hydrogens is 490 g/mol. The molecule has 2 saturated carbocycles. The molecular formula is C27H33N5O4S. The number of amides is 1. The maximum absolute atomic E-state index is 12.8. The number of nitrogens with zero attached hydrogens (tertiary/aromatic N) is 4. The Kier molecular flexibility index (Phi) is 7.18. The van der Waals surface area contributed by atoms with Gasteiger partial charge in [0.05, 0.1) is 35.1 Å². The molecule has 3 aromatic rings. The maximum atomic E-state index is 12.8. The van der Waals surface area contributed by atoms with Crippen LogP contribution in [0.2, 0.25) is 0 Å². The van der Waals surface area contributed by atoms with E-state index in [0.717, 1.165) is 73.1 Å². The first kappa shape index (κ1) is 24.8. The highest BCUT2D eigenvalue weighted by molar-refractivity contribution is 7.22. The van der Waals surface area contributed by atoms with E-state index in [1.807, 2.05) is 12.1 Å². The molecule has 6 rings (SSSR count). The van der Waals surface area contributed by atoms with Crippen molar-refractivity contribution in [1.82, 2.24) is 19.9 Å². The van der Waals surface area contributed by atoms with E-state index in [2.05, 4.69) is 38.2 Å². The Bertz CT molecular complexity index is 1250. The first-order valence-electron chi connectivity index (χ1n) is 13.2. The molecule has 1 saturated heterocycles. The zero-order valence-electron chi connectivity index (χ0n) is 21.0. The van der Waals surface area contributed by atoms with Gasteiger partial charge in [-0.25, -0.2) is 15.0 Å². The summed E-state index contributed by atoms with van der Waals surface area (Å²) < 4.78 is 12.4. The van der Waals surface area contributed by atoms with Gasteiger partial charge in [0.15, 0.2) is 11.0 Å². The van der Waals surface area contributed by atoms with E-state index < -0.39 is 0 Å². The van der Waals surface area contributed by atoms with Crippen molar-refractivity contribution in [3.63, 3.8) is 0 Å². The van der Waals surface area contributed by atoms with E-state index in [4.69, 9.17) is 9.47 Å². The lowest BCUT2D eigenvalue weighted by Gasteiger charge is -2.44. The first-order chi connectivity index (χ1) is 18.0. The van der Waals surface area contributed by atoms with Crippen LogP contribution in [0.4, 0.5) is 5.13 Å². The third-order valence-electron chi connectivity index (χ3n) is 7.77. The van der Waals surface area contributed by atoms with Crippen LogP contribution >= 0.6 is 11.3 Å². The lowest BCUT2D eigenvalue weighted by molar-refractivity contribution is -0.126. The molecule has 196 valence electrons. The zero-order chi connectivity index (χ0) is 25.4. The molecule has 1 amide bonds. The van der Waals surface area contributed by atoms with Gasteiger partial charge < -0.3 is 19.9 Å². The largest absolute Gasteiger partial charge is 0.390 e. The Morgan fingerprint density at radius 2 is 2.08 bits per heavy atom. The fourth-order valence-corrected chi connectivity index (χ4v) is 6.41. The molecule has 37 heavy (non-hydrogen) atoms. The van der Waals surface area contributed by atoms with Gasteiger partial charge in [0.1, 0.15) is 6.61 Å². The number of aliphatic hydroxyl groups is 1. The molecule has 2 N–H and O–H groups in total. The number of aromatic nitrogens is 3. The van der Waals surface area contributed by atoms with Crippen molar-refractivity contribution < 1.29 is 19.4 Å². The van der Waals surface area contributed by atoms with E-state index >= 15 is 0 Å². The van der Waals surface area contributed by atoms with Crippen LogP contribution in [0.5, 0.6) is 0 Å². The van der Waals surface area contributed by atoms with Gasteiger partial charge in [0.25, 0.3) is 0 Å². The van der Waals surface area contributed by atoms with E-state index in [1.54, 1.807) is 12.4 Å². The molecule has 0 unspecified atom stereocenters. The predicted octanol–water partition coefficient (Wildman–Crippen LogP) is 3.62. The molecule has 1 aromatic carbocycles. The normalized spacial score (nSPS) is 28.3. The van der Waals surface area contributed by atoms with Gasteiger partial charge in [-0.15, -0.1) is 0 Å². The molecule has 3 aliphatic rings. The number of aliphatic hydroxyl groups excluding tert-OH is 1. The summed E-state index contributed by atoms with van der Waals surface area (Å²) in [5.41, 5.74) is 2.76. The number of morpholine rings is 1. The summed E-state index contributed by atoms with van der Waals surface area (Å²) in [7, 11) is 0. The zero-order valence-corrected chi connectivity index (χ0v) is 21.8. The predicted molar refractivity (Wildman–Crippen MR) is 141 cm³/mol. The fourth-order valence-electron chi connectivity index (χ4n) is 5.50. The Labute approximate surface area is 220 Å². The van der Waals surface area contributed by atoms with E-state index in [9.17, 15) is 9.90 Å². The van der Waals surface area contributed by atoms with Crippen molar-refractivity contribution in [1.29, 1.82) is 0 Å². The van der Waals surface area contributed by atoms with Gasteiger partial charge in [-0.2, -0.15) is 0 Å². The van der Waals surface area contributed by atoms with Crippen LogP contribution in [0.15, 0.2) is 30.6 Å². The number of ether oxygens (including phenoxy) is 2. The van der Waals surface area contributed by atoms with Crippen molar-refractivity contribution in [2.75, 3.05) is 25.0 Å². The second-order valence-corrected chi connectivity index (χ2v) is 11.5. The second kappa shape index (κ2) is 10.7. The summed E-state index contributed by atoms with van der Waals surface area (Å²) >= 11 is 1.49. The number of rotatable bonds is 7. The average Bonchev–Trinajstić information content (AvgIpc) is 3.46. The lowest BCUT2D eigenvalue weighted by atomic mass is 9.78. The monoisotopic (exact) mass is 523 g/mol. The number of hydrogen-bond donors (Lipinski definition) is 2. The molecule has 10 heteroatoms. The van der Waals surface area contributed by atoms with Crippen LogP contribution in [0.25, 0.3) is 21.3 Å².